The van der Waals surface area contributed by atoms with Crippen LogP contribution in [0.15, 0.2) is 79.1 Å². The summed E-state index contributed by atoms with van der Waals surface area (Å²) in [6.07, 6.45) is 5.03. The third-order valence-corrected chi connectivity index (χ3v) is 7.62. The van der Waals surface area contributed by atoms with Crippen molar-refractivity contribution in [2.24, 2.45) is 0 Å². The normalized spacial score (nSPS) is 15.4. The Labute approximate surface area is 209 Å². The quantitative estimate of drug-likeness (QED) is 0.319. The Kier molecular flexibility index (Phi) is 4.78. The van der Waals surface area contributed by atoms with Crippen LogP contribution in [0.25, 0.3) is 33.5 Å². The number of hydrogen-bond donors (Lipinski definition) is 1. The lowest BCUT2D eigenvalue weighted by atomic mass is 9.93. The molecule has 1 aliphatic heterocycles. The van der Waals surface area contributed by atoms with Crippen LogP contribution in [0.1, 0.15) is 45.8 Å². The van der Waals surface area contributed by atoms with Crippen LogP contribution in [0.3, 0.4) is 0 Å². The monoisotopic (exact) mass is 470 g/mol. The van der Waals surface area contributed by atoms with Gasteiger partial charge in [0.1, 0.15) is 12.0 Å². The van der Waals surface area contributed by atoms with Crippen LogP contribution in [0.4, 0.5) is 5.69 Å². The van der Waals surface area contributed by atoms with Crippen LogP contribution in [-0.2, 0) is 6.42 Å². The number of fused-ring (bicyclic) bond motifs is 2. The Bertz CT molecular complexity index is 1630. The molecule has 5 heteroatoms. The third-order valence-electron chi connectivity index (χ3n) is 7.62. The van der Waals surface area contributed by atoms with Crippen LogP contribution in [-0.4, -0.2) is 27.4 Å². The minimum absolute atomic E-state index is 0.0830. The van der Waals surface area contributed by atoms with Gasteiger partial charge in [0.25, 0.3) is 5.91 Å². The molecule has 1 aliphatic carbocycles. The van der Waals surface area contributed by atoms with Gasteiger partial charge in [-0.2, -0.15) is 0 Å². The molecule has 0 spiro atoms. The van der Waals surface area contributed by atoms with E-state index >= 15 is 0 Å². The van der Waals surface area contributed by atoms with Crippen molar-refractivity contribution in [1.82, 2.24) is 15.0 Å². The second kappa shape index (κ2) is 8.16. The smallest absolute Gasteiger partial charge is 0.258 e. The molecule has 5 aromatic rings. The third kappa shape index (κ3) is 3.42. The highest BCUT2D eigenvalue weighted by Gasteiger charge is 2.30. The van der Waals surface area contributed by atoms with Gasteiger partial charge in [-0.15, -0.1) is 0 Å². The van der Waals surface area contributed by atoms with Gasteiger partial charge in [-0.1, -0.05) is 54.6 Å². The van der Waals surface area contributed by atoms with E-state index in [0.29, 0.717) is 12.5 Å². The molecule has 1 saturated carbocycles. The van der Waals surface area contributed by atoms with E-state index in [4.69, 9.17) is 0 Å². The maximum Gasteiger partial charge on any atom is 0.258 e. The SMILES string of the molecule is Cc1c(-c2ncnc3[nH]c(-c4ccccc4)cc23)cccc1N1CCc2cc(C3CC3)ccc2C1=O. The Morgan fingerprint density at radius 2 is 1.78 bits per heavy atom. The maximum atomic E-state index is 13.6. The molecule has 3 heterocycles. The van der Waals surface area contributed by atoms with Crippen molar-refractivity contribution >= 4 is 22.6 Å². The molecule has 3 aromatic carbocycles. The molecule has 7 rings (SSSR count). The zero-order valence-electron chi connectivity index (χ0n) is 20.2. The van der Waals surface area contributed by atoms with E-state index in [1.807, 2.05) is 41.3 Å². The highest BCUT2D eigenvalue weighted by Crippen LogP contribution is 2.41. The molecule has 176 valence electrons. The zero-order valence-corrected chi connectivity index (χ0v) is 20.2. The van der Waals surface area contributed by atoms with Gasteiger partial charge in [0.2, 0.25) is 0 Å². The molecular weight excluding hydrogens is 444 g/mol. The number of aromatic amines is 1. The van der Waals surface area contributed by atoms with E-state index in [1.54, 1.807) is 6.33 Å². The van der Waals surface area contributed by atoms with Crippen molar-refractivity contribution in [2.45, 2.75) is 32.1 Å². The second-order valence-corrected chi connectivity index (χ2v) is 9.88. The summed E-state index contributed by atoms with van der Waals surface area (Å²) in [6, 6.07) is 25.0. The van der Waals surface area contributed by atoms with Crippen molar-refractivity contribution in [3.63, 3.8) is 0 Å². The fourth-order valence-electron chi connectivity index (χ4n) is 5.51. The van der Waals surface area contributed by atoms with E-state index in [9.17, 15) is 4.79 Å². The molecule has 36 heavy (non-hydrogen) atoms. The highest BCUT2D eigenvalue weighted by atomic mass is 16.2. The molecule has 0 radical (unpaired) electrons. The van der Waals surface area contributed by atoms with E-state index in [2.05, 4.69) is 58.3 Å². The first-order valence-corrected chi connectivity index (χ1v) is 12.6. The summed E-state index contributed by atoms with van der Waals surface area (Å²) in [4.78, 5) is 28.1. The molecule has 0 saturated heterocycles. The minimum Gasteiger partial charge on any atom is -0.339 e. The van der Waals surface area contributed by atoms with Crippen molar-refractivity contribution in [3.8, 4) is 22.5 Å². The van der Waals surface area contributed by atoms with Crippen LogP contribution < -0.4 is 4.90 Å². The van der Waals surface area contributed by atoms with Gasteiger partial charge in [0, 0.05) is 34.4 Å². The fraction of sp³-hybridized carbons (Fsp3) is 0.194. The summed E-state index contributed by atoms with van der Waals surface area (Å²) in [5.41, 5.74) is 10.2. The molecule has 5 nitrogen and oxygen atoms in total. The number of carbonyl (C=O) groups is 1. The predicted octanol–water partition coefficient (Wildman–Crippen LogP) is 6.68. The number of H-pyrrole nitrogens is 1. The molecule has 1 N–H and O–H groups in total. The number of nitrogens with one attached hydrogen (secondary N) is 1. The van der Waals surface area contributed by atoms with Crippen LogP contribution >= 0.6 is 0 Å². The number of nitrogens with zero attached hydrogens (tertiary/aromatic N) is 3. The number of benzene rings is 3. The van der Waals surface area contributed by atoms with Gasteiger partial charge in [-0.3, -0.25) is 4.79 Å². The van der Waals surface area contributed by atoms with Crippen molar-refractivity contribution in [2.75, 3.05) is 11.4 Å². The minimum atomic E-state index is 0.0830. The highest BCUT2D eigenvalue weighted by molar-refractivity contribution is 6.09. The van der Waals surface area contributed by atoms with Crippen molar-refractivity contribution in [3.05, 3.63) is 101 Å². The lowest BCUT2D eigenvalue weighted by Crippen LogP contribution is -2.38. The molecular formula is C31H26N4O. The summed E-state index contributed by atoms with van der Waals surface area (Å²) < 4.78 is 0. The van der Waals surface area contributed by atoms with E-state index < -0.39 is 0 Å². The van der Waals surface area contributed by atoms with Crippen LogP contribution in [0.5, 0.6) is 0 Å². The van der Waals surface area contributed by atoms with Crippen molar-refractivity contribution in [1.29, 1.82) is 0 Å². The Balaban J connectivity index is 1.28. The average Bonchev–Trinajstić information content (AvgIpc) is 3.67. The van der Waals surface area contributed by atoms with Gasteiger partial charge in [0.15, 0.2) is 0 Å². The summed E-state index contributed by atoms with van der Waals surface area (Å²) in [7, 11) is 0. The van der Waals surface area contributed by atoms with Crippen molar-refractivity contribution < 1.29 is 4.79 Å². The number of aromatic nitrogens is 3. The van der Waals surface area contributed by atoms with Gasteiger partial charge in [-0.05, 0) is 72.6 Å². The fourth-order valence-corrected chi connectivity index (χ4v) is 5.51. The molecule has 0 bridgehead atoms. The zero-order chi connectivity index (χ0) is 24.2. The summed E-state index contributed by atoms with van der Waals surface area (Å²) in [5.74, 6) is 0.780. The van der Waals surface area contributed by atoms with Crippen LogP contribution in [0.2, 0.25) is 0 Å². The Morgan fingerprint density at radius 3 is 2.61 bits per heavy atom. The van der Waals surface area contributed by atoms with Gasteiger partial charge in [0.05, 0.1) is 5.69 Å². The molecule has 0 atom stereocenters. The first-order chi connectivity index (χ1) is 17.7. The second-order valence-electron chi connectivity index (χ2n) is 9.88. The average molecular weight is 471 g/mol. The van der Waals surface area contributed by atoms with Gasteiger partial charge in [-0.25, -0.2) is 9.97 Å². The van der Waals surface area contributed by atoms with E-state index in [1.165, 1.54) is 24.0 Å². The first kappa shape index (κ1) is 21.1. The standard InChI is InChI=1S/C31H26N4O/c1-19-24(29-26-17-27(21-6-3-2-4-7-21)34-30(26)33-18-32-29)8-5-9-28(19)35-15-14-23-16-22(20-10-11-20)12-13-25(23)31(35)36/h2-9,12-13,16-18,20H,10-11,14-15H2,1H3,(H,32,33,34). The Morgan fingerprint density at radius 1 is 0.917 bits per heavy atom. The number of rotatable bonds is 4. The molecule has 0 unspecified atom stereocenters. The molecule has 2 aliphatic rings. The summed E-state index contributed by atoms with van der Waals surface area (Å²) >= 11 is 0. The van der Waals surface area contributed by atoms with Crippen LogP contribution in [0, 0.1) is 6.92 Å². The van der Waals surface area contributed by atoms with Gasteiger partial charge < -0.3 is 9.88 Å². The maximum absolute atomic E-state index is 13.6. The lowest BCUT2D eigenvalue weighted by Gasteiger charge is -2.30. The lowest BCUT2D eigenvalue weighted by molar-refractivity contribution is 0.0980. The summed E-state index contributed by atoms with van der Waals surface area (Å²) in [6.45, 7) is 2.77. The topological polar surface area (TPSA) is 61.9 Å². The number of amides is 1. The molecule has 1 fully saturated rings. The summed E-state index contributed by atoms with van der Waals surface area (Å²) in [5, 5.41) is 0.972. The predicted molar refractivity (Wildman–Crippen MR) is 143 cm³/mol. The largest absolute Gasteiger partial charge is 0.339 e. The van der Waals surface area contributed by atoms with Gasteiger partial charge >= 0.3 is 0 Å². The number of anilines is 1. The Hall–Kier alpha value is -4.25. The van der Waals surface area contributed by atoms with E-state index in [-0.39, 0.29) is 5.91 Å². The van der Waals surface area contributed by atoms with E-state index in [0.717, 1.165) is 56.8 Å². The molecule has 1 amide bonds. The number of hydrogen-bond acceptors (Lipinski definition) is 3. The first-order valence-electron chi connectivity index (χ1n) is 12.6. The number of carbonyl (C=O) groups excluding carboxylic acids is 1. The molecule has 2 aromatic heterocycles.